The highest BCUT2D eigenvalue weighted by molar-refractivity contribution is 5.90. The highest BCUT2D eigenvalue weighted by atomic mass is 16.5. The number of pyridine rings is 1. The molecule has 1 atom stereocenters. The molecule has 0 spiro atoms. The van der Waals surface area contributed by atoms with Gasteiger partial charge in [0.2, 0.25) is 0 Å². The van der Waals surface area contributed by atoms with Crippen molar-refractivity contribution in [1.29, 1.82) is 0 Å². The Bertz CT molecular complexity index is 1540. The third-order valence-corrected chi connectivity index (χ3v) is 6.73. The number of benzene rings is 3. The molecule has 0 aliphatic rings. The topological polar surface area (TPSA) is 90.2 Å². The number of aromatic nitrogens is 2. The summed E-state index contributed by atoms with van der Waals surface area (Å²) in [7, 11) is 3.01. The smallest absolute Gasteiger partial charge is 0.337 e. The highest BCUT2D eigenvalue weighted by Gasteiger charge is 2.23. The zero-order chi connectivity index (χ0) is 25.1. The molecule has 3 aromatic carbocycles. The van der Waals surface area contributed by atoms with Crippen LogP contribution in [0.1, 0.15) is 45.9 Å². The van der Waals surface area contributed by atoms with Gasteiger partial charge in [-0.3, -0.25) is 4.98 Å². The molecule has 2 heterocycles. The number of esters is 1. The standard InChI is InChI=1S/C30H29N3O3/c1-35-29-16-20(30(34)36-2)11-14-24(29)23(26-18-32-28-15-12-21(31)17-25(26)28)8-5-7-22-13-10-19-6-3-4-9-27(19)33-22/h3-4,6,9-18,23,32H,5,7-8,31H2,1-2H3. The predicted octanol–water partition coefficient (Wildman–Crippen LogP) is 6.25. The first-order valence-corrected chi connectivity index (χ1v) is 12.0. The Balaban J connectivity index is 1.49. The van der Waals surface area contributed by atoms with Crippen LogP contribution in [0.25, 0.3) is 21.8 Å². The number of carbonyl (C=O) groups is 1. The maximum Gasteiger partial charge on any atom is 0.337 e. The summed E-state index contributed by atoms with van der Waals surface area (Å²) in [5, 5.41) is 2.23. The van der Waals surface area contributed by atoms with E-state index in [0.29, 0.717) is 11.3 Å². The zero-order valence-electron chi connectivity index (χ0n) is 20.5. The van der Waals surface area contributed by atoms with E-state index in [9.17, 15) is 4.79 Å². The van der Waals surface area contributed by atoms with Crippen LogP contribution in [0.2, 0.25) is 0 Å². The molecule has 0 saturated carbocycles. The Kier molecular flexibility index (Phi) is 6.58. The number of carbonyl (C=O) groups excluding carboxylic acids is 1. The minimum Gasteiger partial charge on any atom is -0.496 e. The summed E-state index contributed by atoms with van der Waals surface area (Å²) in [6.07, 6.45) is 4.70. The van der Waals surface area contributed by atoms with Crippen LogP contribution in [0.3, 0.4) is 0 Å². The second-order valence-electron chi connectivity index (χ2n) is 8.94. The first kappa shape index (κ1) is 23.4. The predicted molar refractivity (Wildman–Crippen MR) is 144 cm³/mol. The van der Waals surface area contributed by atoms with E-state index < -0.39 is 5.97 Å². The number of nitrogen functional groups attached to an aromatic ring is 1. The fourth-order valence-electron chi connectivity index (χ4n) is 4.91. The molecule has 0 aliphatic heterocycles. The van der Waals surface area contributed by atoms with Gasteiger partial charge in [-0.2, -0.15) is 0 Å². The van der Waals surface area contributed by atoms with Gasteiger partial charge in [0.25, 0.3) is 0 Å². The fraction of sp³-hybridized carbons (Fsp3) is 0.200. The van der Waals surface area contributed by atoms with Crippen molar-refractivity contribution in [2.75, 3.05) is 20.0 Å². The number of hydrogen-bond acceptors (Lipinski definition) is 5. The lowest BCUT2D eigenvalue weighted by Gasteiger charge is -2.21. The van der Waals surface area contributed by atoms with E-state index in [1.165, 1.54) is 7.11 Å². The molecule has 0 saturated heterocycles. The number of anilines is 1. The van der Waals surface area contributed by atoms with Crippen LogP contribution in [-0.2, 0) is 11.2 Å². The van der Waals surface area contributed by atoms with Crippen LogP contribution in [0.5, 0.6) is 5.75 Å². The maximum absolute atomic E-state index is 12.1. The van der Waals surface area contributed by atoms with Gasteiger partial charge in [0.15, 0.2) is 0 Å². The molecule has 1 unspecified atom stereocenters. The SMILES string of the molecule is COC(=O)c1ccc(C(CCCc2ccc3ccccc3n2)c2c[nH]c3ccc(N)cc23)c(OC)c1. The van der Waals surface area contributed by atoms with Crippen molar-refractivity contribution in [1.82, 2.24) is 9.97 Å². The number of H-pyrrole nitrogens is 1. The van der Waals surface area contributed by atoms with E-state index in [2.05, 4.69) is 29.4 Å². The minimum absolute atomic E-state index is 0.0302. The summed E-state index contributed by atoms with van der Waals surface area (Å²) in [6, 6.07) is 23.8. The van der Waals surface area contributed by atoms with E-state index in [-0.39, 0.29) is 5.92 Å². The number of nitrogens with two attached hydrogens (primary N) is 1. The summed E-state index contributed by atoms with van der Waals surface area (Å²) in [4.78, 5) is 20.4. The van der Waals surface area contributed by atoms with E-state index >= 15 is 0 Å². The monoisotopic (exact) mass is 479 g/mol. The third kappa shape index (κ3) is 4.62. The number of rotatable bonds is 8. The van der Waals surface area contributed by atoms with Crippen LogP contribution in [0.15, 0.2) is 79.0 Å². The van der Waals surface area contributed by atoms with Gasteiger partial charge in [0, 0.05) is 45.3 Å². The third-order valence-electron chi connectivity index (χ3n) is 6.73. The molecule has 182 valence electrons. The Morgan fingerprint density at radius 3 is 2.69 bits per heavy atom. The second-order valence-corrected chi connectivity index (χ2v) is 8.94. The Hall–Kier alpha value is -4.32. The maximum atomic E-state index is 12.1. The quantitative estimate of drug-likeness (QED) is 0.203. The van der Waals surface area contributed by atoms with E-state index in [0.717, 1.165) is 63.6 Å². The lowest BCUT2D eigenvalue weighted by Crippen LogP contribution is -2.07. The second kappa shape index (κ2) is 10.1. The van der Waals surface area contributed by atoms with Crippen LogP contribution in [0, 0.1) is 0 Å². The first-order valence-electron chi connectivity index (χ1n) is 12.0. The van der Waals surface area contributed by atoms with Crippen LogP contribution < -0.4 is 10.5 Å². The van der Waals surface area contributed by atoms with Gasteiger partial charge in [-0.1, -0.05) is 30.3 Å². The van der Waals surface area contributed by atoms with Crippen molar-refractivity contribution in [3.63, 3.8) is 0 Å². The summed E-state index contributed by atoms with van der Waals surface area (Å²) in [5.41, 5.74) is 12.6. The molecule has 0 aliphatic carbocycles. The van der Waals surface area contributed by atoms with Gasteiger partial charge in [-0.25, -0.2) is 4.79 Å². The van der Waals surface area contributed by atoms with Crippen molar-refractivity contribution >= 4 is 33.5 Å². The van der Waals surface area contributed by atoms with Gasteiger partial charge >= 0.3 is 5.97 Å². The average Bonchev–Trinajstić information content (AvgIpc) is 3.33. The minimum atomic E-state index is -0.390. The number of ether oxygens (including phenoxy) is 2. The van der Waals surface area contributed by atoms with Gasteiger partial charge in [0.1, 0.15) is 5.75 Å². The number of aromatic amines is 1. The Labute approximate surface area is 210 Å². The summed E-state index contributed by atoms with van der Waals surface area (Å²) in [5.74, 6) is 0.297. The number of para-hydroxylation sites is 1. The number of hydrogen-bond donors (Lipinski definition) is 2. The lowest BCUT2D eigenvalue weighted by atomic mass is 9.85. The van der Waals surface area contributed by atoms with E-state index in [1.54, 1.807) is 19.2 Å². The fourth-order valence-corrected chi connectivity index (χ4v) is 4.91. The number of nitrogens with one attached hydrogen (secondary N) is 1. The van der Waals surface area contributed by atoms with Crippen LogP contribution >= 0.6 is 0 Å². The van der Waals surface area contributed by atoms with Gasteiger partial charge in [0.05, 0.1) is 25.3 Å². The van der Waals surface area contributed by atoms with Crippen molar-refractivity contribution < 1.29 is 14.3 Å². The molecule has 5 aromatic rings. The number of fused-ring (bicyclic) bond motifs is 2. The molecular weight excluding hydrogens is 450 g/mol. The highest BCUT2D eigenvalue weighted by Crippen LogP contribution is 2.39. The van der Waals surface area contributed by atoms with Crippen molar-refractivity contribution in [2.24, 2.45) is 0 Å². The number of nitrogens with zero attached hydrogens (tertiary/aromatic N) is 1. The molecule has 0 bridgehead atoms. The lowest BCUT2D eigenvalue weighted by molar-refractivity contribution is 0.0600. The van der Waals surface area contributed by atoms with Crippen LogP contribution in [0.4, 0.5) is 5.69 Å². The molecule has 6 nitrogen and oxygen atoms in total. The van der Waals surface area contributed by atoms with Crippen LogP contribution in [-0.4, -0.2) is 30.2 Å². The van der Waals surface area contributed by atoms with Gasteiger partial charge < -0.3 is 20.2 Å². The molecule has 0 fully saturated rings. The molecule has 0 radical (unpaired) electrons. The van der Waals surface area contributed by atoms with Gasteiger partial charge in [-0.05, 0) is 67.3 Å². The van der Waals surface area contributed by atoms with Crippen molar-refractivity contribution in [3.05, 3.63) is 101 Å². The van der Waals surface area contributed by atoms with Gasteiger partial charge in [-0.15, -0.1) is 0 Å². The molecule has 6 heteroatoms. The largest absolute Gasteiger partial charge is 0.496 e. The molecule has 2 aromatic heterocycles. The van der Waals surface area contributed by atoms with E-state index in [4.69, 9.17) is 20.2 Å². The van der Waals surface area contributed by atoms with E-state index in [1.807, 2.05) is 42.5 Å². The molecular formula is C30H29N3O3. The zero-order valence-corrected chi connectivity index (χ0v) is 20.5. The average molecular weight is 480 g/mol. The summed E-state index contributed by atoms with van der Waals surface area (Å²) in [6.45, 7) is 0. The normalized spacial score (nSPS) is 12.1. The molecule has 5 rings (SSSR count). The number of aryl methyl sites for hydroxylation is 1. The molecule has 3 N–H and O–H groups in total. The summed E-state index contributed by atoms with van der Waals surface area (Å²) < 4.78 is 10.7. The van der Waals surface area contributed by atoms with Crippen molar-refractivity contribution in [3.8, 4) is 5.75 Å². The van der Waals surface area contributed by atoms with Crippen molar-refractivity contribution in [2.45, 2.75) is 25.2 Å². The molecule has 0 amide bonds. The molecule has 36 heavy (non-hydrogen) atoms. The Morgan fingerprint density at radius 1 is 1.00 bits per heavy atom. The Morgan fingerprint density at radius 2 is 1.86 bits per heavy atom. The first-order chi connectivity index (χ1) is 17.6. The number of methoxy groups -OCH3 is 2. The summed E-state index contributed by atoms with van der Waals surface area (Å²) >= 11 is 0.